The summed E-state index contributed by atoms with van der Waals surface area (Å²) < 4.78 is 18.7. The van der Waals surface area contributed by atoms with Gasteiger partial charge in [-0.15, -0.1) is 11.3 Å². The summed E-state index contributed by atoms with van der Waals surface area (Å²) in [6, 6.07) is 6.03. The van der Waals surface area contributed by atoms with E-state index >= 15 is 0 Å². The number of thiazole rings is 1. The standard InChI is InChI=1S/C15H15FN2O2S/c16-11-1-3-12(4-2-11)20-13-5-7-18(8-6-13)15(19)14-9-17-10-21-14/h1-4,9-10,13H,5-8H2. The van der Waals surface area contributed by atoms with Gasteiger partial charge in [-0.05, 0) is 24.3 Å². The van der Waals surface area contributed by atoms with E-state index in [0.717, 1.165) is 12.8 Å². The van der Waals surface area contributed by atoms with E-state index in [1.807, 2.05) is 4.90 Å². The minimum atomic E-state index is -0.271. The number of nitrogens with zero attached hydrogens (tertiary/aromatic N) is 2. The minimum Gasteiger partial charge on any atom is -0.490 e. The lowest BCUT2D eigenvalue weighted by Gasteiger charge is -2.31. The third-order valence-corrected chi connectivity index (χ3v) is 4.25. The summed E-state index contributed by atoms with van der Waals surface area (Å²) in [6.07, 6.45) is 3.23. The molecule has 0 N–H and O–H groups in total. The molecule has 0 aliphatic carbocycles. The number of piperidine rings is 1. The fourth-order valence-corrected chi connectivity index (χ4v) is 2.95. The van der Waals surface area contributed by atoms with E-state index in [1.165, 1.54) is 23.5 Å². The molecule has 2 heterocycles. The number of ether oxygens (including phenoxy) is 1. The molecule has 1 saturated heterocycles. The monoisotopic (exact) mass is 306 g/mol. The molecule has 2 aromatic rings. The van der Waals surface area contributed by atoms with Crippen LogP contribution in [0.1, 0.15) is 22.5 Å². The highest BCUT2D eigenvalue weighted by atomic mass is 32.1. The van der Waals surface area contributed by atoms with Gasteiger partial charge in [-0.1, -0.05) is 0 Å². The van der Waals surface area contributed by atoms with Crippen LogP contribution in [-0.4, -0.2) is 35.0 Å². The Morgan fingerprint density at radius 2 is 2.00 bits per heavy atom. The van der Waals surface area contributed by atoms with Gasteiger partial charge in [0.1, 0.15) is 22.5 Å². The molecule has 0 saturated carbocycles. The topological polar surface area (TPSA) is 42.4 Å². The molecule has 3 rings (SSSR count). The van der Waals surface area contributed by atoms with E-state index in [9.17, 15) is 9.18 Å². The Bertz CT molecular complexity index is 593. The molecule has 0 bridgehead atoms. The summed E-state index contributed by atoms with van der Waals surface area (Å²) in [5.74, 6) is 0.439. The fourth-order valence-electron chi connectivity index (χ4n) is 2.36. The van der Waals surface area contributed by atoms with Gasteiger partial charge in [0.25, 0.3) is 5.91 Å². The van der Waals surface area contributed by atoms with Crippen molar-refractivity contribution in [1.82, 2.24) is 9.88 Å². The Kier molecular flexibility index (Phi) is 4.15. The molecule has 0 unspecified atom stereocenters. The number of hydrogen-bond acceptors (Lipinski definition) is 4. The third kappa shape index (κ3) is 3.39. The number of halogens is 1. The molecule has 1 aliphatic heterocycles. The van der Waals surface area contributed by atoms with E-state index in [2.05, 4.69) is 4.98 Å². The highest BCUT2D eigenvalue weighted by molar-refractivity contribution is 7.11. The average molecular weight is 306 g/mol. The van der Waals surface area contributed by atoms with Crippen LogP contribution in [0.5, 0.6) is 5.75 Å². The zero-order valence-electron chi connectivity index (χ0n) is 11.4. The first kappa shape index (κ1) is 14.0. The summed E-state index contributed by atoms with van der Waals surface area (Å²) in [5.41, 5.74) is 1.66. The van der Waals surface area contributed by atoms with Crippen molar-refractivity contribution in [2.75, 3.05) is 13.1 Å². The van der Waals surface area contributed by atoms with Crippen LogP contribution in [0.3, 0.4) is 0 Å². The second kappa shape index (κ2) is 6.22. The molecule has 1 aliphatic rings. The molecular weight excluding hydrogens is 291 g/mol. The number of carbonyl (C=O) groups excluding carboxylic acids is 1. The lowest BCUT2D eigenvalue weighted by atomic mass is 10.1. The average Bonchev–Trinajstić information content (AvgIpc) is 3.04. The van der Waals surface area contributed by atoms with Crippen LogP contribution in [0.15, 0.2) is 36.0 Å². The lowest BCUT2D eigenvalue weighted by molar-refractivity contribution is 0.0599. The van der Waals surface area contributed by atoms with Gasteiger partial charge in [0, 0.05) is 25.9 Å². The van der Waals surface area contributed by atoms with Crippen molar-refractivity contribution in [2.24, 2.45) is 0 Å². The fraction of sp³-hybridized carbons (Fsp3) is 0.333. The predicted molar refractivity (Wildman–Crippen MR) is 78.1 cm³/mol. The second-order valence-electron chi connectivity index (χ2n) is 4.93. The molecule has 1 aromatic carbocycles. The summed E-state index contributed by atoms with van der Waals surface area (Å²) in [4.78, 5) is 18.6. The Morgan fingerprint density at radius 1 is 1.29 bits per heavy atom. The number of aromatic nitrogens is 1. The molecular formula is C15H15FN2O2S. The largest absolute Gasteiger partial charge is 0.490 e. The van der Waals surface area contributed by atoms with E-state index in [0.29, 0.717) is 23.7 Å². The van der Waals surface area contributed by atoms with Crippen molar-refractivity contribution in [3.05, 3.63) is 46.7 Å². The molecule has 1 amide bonds. The van der Waals surface area contributed by atoms with Crippen molar-refractivity contribution >= 4 is 17.2 Å². The van der Waals surface area contributed by atoms with Gasteiger partial charge in [0.05, 0.1) is 11.7 Å². The smallest absolute Gasteiger partial charge is 0.265 e. The van der Waals surface area contributed by atoms with Crippen LogP contribution in [0.4, 0.5) is 4.39 Å². The van der Waals surface area contributed by atoms with E-state index < -0.39 is 0 Å². The Morgan fingerprint density at radius 3 is 2.62 bits per heavy atom. The van der Waals surface area contributed by atoms with E-state index in [4.69, 9.17) is 4.74 Å². The van der Waals surface area contributed by atoms with Crippen molar-refractivity contribution < 1.29 is 13.9 Å². The van der Waals surface area contributed by atoms with Crippen LogP contribution >= 0.6 is 11.3 Å². The zero-order chi connectivity index (χ0) is 14.7. The summed E-state index contributed by atoms with van der Waals surface area (Å²) >= 11 is 1.36. The van der Waals surface area contributed by atoms with Crippen molar-refractivity contribution in [3.63, 3.8) is 0 Å². The first-order valence-corrected chi connectivity index (χ1v) is 7.70. The first-order valence-electron chi connectivity index (χ1n) is 6.82. The molecule has 110 valence electrons. The Labute approximate surface area is 126 Å². The maximum Gasteiger partial charge on any atom is 0.265 e. The van der Waals surface area contributed by atoms with Crippen molar-refractivity contribution in [3.8, 4) is 5.75 Å². The number of amides is 1. The maximum absolute atomic E-state index is 12.8. The van der Waals surface area contributed by atoms with Gasteiger partial charge < -0.3 is 9.64 Å². The van der Waals surface area contributed by atoms with Crippen LogP contribution in [-0.2, 0) is 0 Å². The predicted octanol–water partition coefficient (Wildman–Crippen LogP) is 2.97. The van der Waals surface area contributed by atoms with Crippen LogP contribution in [0.25, 0.3) is 0 Å². The van der Waals surface area contributed by atoms with Gasteiger partial charge in [0.2, 0.25) is 0 Å². The summed E-state index contributed by atoms with van der Waals surface area (Å²) in [6.45, 7) is 1.34. The summed E-state index contributed by atoms with van der Waals surface area (Å²) in [7, 11) is 0. The van der Waals surface area contributed by atoms with Gasteiger partial charge >= 0.3 is 0 Å². The van der Waals surface area contributed by atoms with Crippen LogP contribution in [0.2, 0.25) is 0 Å². The van der Waals surface area contributed by atoms with Crippen LogP contribution < -0.4 is 4.74 Å². The van der Waals surface area contributed by atoms with E-state index in [-0.39, 0.29) is 17.8 Å². The summed E-state index contributed by atoms with van der Waals surface area (Å²) in [5, 5.41) is 0. The molecule has 21 heavy (non-hydrogen) atoms. The second-order valence-corrected chi connectivity index (χ2v) is 5.82. The van der Waals surface area contributed by atoms with Crippen molar-refractivity contribution in [2.45, 2.75) is 18.9 Å². The minimum absolute atomic E-state index is 0.0396. The normalized spacial score (nSPS) is 16.0. The highest BCUT2D eigenvalue weighted by Crippen LogP contribution is 2.21. The highest BCUT2D eigenvalue weighted by Gasteiger charge is 2.25. The molecule has 0 radical (unpaired) electrons. The number of carbonyl (C=O) groups is 1. The Hall–Kier alpha value is -1.95. The molecule has 0 atom stereocenters. The molecule has 0 spiro atoms. The van der Waals surface area contributed by atoms with Crippen LogP contribution in [0, 0.1) is 5.82 Å². The van der Waals surface area contributed by atoms with Gasteiger partial charge in [0.15, 0.2) is 0 Å². The van der Waals surface area contributed by atoms with Gasteiger partial charge in [-0.3, -0.25) is 9.78 Å². The van der Waals surface area contributed by atoms with Crippen molar-refractivity contribution in [1.29, 1.82) is 0 Å². The lowest BCUT2D eigenvalue weighted by Crippen LogP contribution is -2.41. The van der Waals surface area contributed by atoms with Gasteiger partial charge in [-0.2, -0.15) is 0 Å². The first-order chi connectivity index (χ1) is 10.2. The molecule has 1 fully saturated rings. The Balaban J connectivity index is 1.53. The quantitative estimate of drug-likeness (QED) is 0.875. The number of benzene rings is 1. The molecule has 1 aromatic heterocycles. The maximum atomic E-state index is 12.8. The SMILES string of the molecule is O=C(c1cncs1)N1CCC(Oc2ccc(F)cc2)CC1. The molecule has 4 nitrogen and oxygen atoms in total. The van der Waals surface area contributed by atoms with E-state index in [1.54, 1.807) is 23.8 Å². The zero-order valence-corrected chi connectivity index (χ0v) is 12.2. The number of rotatable bonds is 3. The van der Waals surface area contributed by atoms with Gasteiger partial charge in [-0.25, -0.2) is 4.39 Å². The third-order valence-electron chi connectivity index (χ3n) is 3.49. The number of hydrogen-bond donors (Lipinski definition) is 0. The molecule has 6 heteroatoms. The number of likely N-dealkylation sites (tertiary alicyclic amines) is 1.